The van der Waals surface area contributed by atoms with Crippen molar-refractivity contribution >= 4 is 6.03 Å². The zero-order valence-electron chi connectivity index (χ0n) is 17.2. The van der Waals surface area contributed by atoms with Crippen molar-refractivity contribution in [3.63, 3.8) is 0 Å². The molecule has 2 aliphatic rings. The summed E-state index contributed by atoms with van der Waals surface area (Å²) in [5.74, 6) is 1.17. The molecule has 1 aromatic carbocycles. The highest BCUT2D eigenvalue weighted by Crippen LogP contribution is 2.33. The van der Waals surface area contributed by atoms with Crippen molar-refractivity contribution < 1.29 is 4.79 Å². The number of piperidine rings is 1. The van der Waals surface area contributed by atoms with Crippen LogP contribution < -0.4 is 11.0 Å². The molecule has 2 aromatic rings. The van der Waals surface area contributed by atoms with Gasteiger partial charge in [-0.3, -0.25) is 4.57 Å². The van der Waals surface area contributed by atoms with Crippen molar-refractivity contribution in [2.45, 2.75) is 56.9 Å². The van der Waals surface area contributed by atoms with E-state index in [4.69, 9.17) is 0 Å². The highest BCUT2D eigenvalue weighted by molar-refractivity contribution is 5.74. The van der Waals surface area contributed by atoms with Crippen molar-refractivity contribution in [3.8, 4) is 0 Å². The van der Waals surface area contributed by atoms with Crippen LogP contribution in [0.25, 0.3) is 0 Å². The Morgan fingerprint density at radius 2 is 1.79 bits per heavy atom. The van der Waals surface area contributed by atoms with E-state index in [1.165, 1.54) is 23.1 Å². The molecule has 29 heavy (non-hydrogen) atoms. The topological polar surface area (TPSA) is 72.2 Å². The van der Waals surface area contributed by atoms with E-state index in [9.17, 15) is 9.59 Å². The number of nitrogens with one attached hydrogen (secondary N) is 1. The van der Waals surface area contributed by atoms with Gasteiger partial charge in [0.2, 0.25) is 0 Å². The van der Waals surface area contributed by atoms with Crippen LogP contribution in [0, 0.1) is 0 Å². The van der Waals surface area contributed by atoms with E-state index in [0.29, 0.717) is 25.7 Å². The molecule has 7 nitrogen and oxygen atoms in total. The number of nitrogens with zero attached hydrogens (tertiary/aromatic N) is 4. The summed E-state index contributed by atoms with van der Waals surface area (Å²) >= 11 is 0. The second-order valence-electron chi connectivity index (χ2n) is 8.30. The normalized spacial score (nSPS) is 18.3. The summed E-state index contributed by atoms with van der Waals surface area (Å²) < 4.78 is 3.43. The van der Waals surface area contributed by atoms with Crippen LogP contribution in [0.2, 0.25) is 0 Å². The summed E-state index contributed by atoms with van der Waals surface area (Å²) in [7, 11) is 1.74. The summed E-state index contributed by atoms with van der Waals surface area (Å²) in [6.45, 7) is 2.05. The average molecular weight is 398 g/mol. The van der Waals surface area contributed by atoms with Crippen LogP contribution >= 0.6 is 0 Å². The molecule has 0 unspecified atom stereocenters. The molecular weight excluding hydrogens is 366 g/mol. The highest BCUT2D eigenvalue weighted by atomic mass is 16.2. The number of carbonyl (C=O) groups excluding carboxylic acids is 1. The molecule has 4 rings (SSSR count). The number of carbonyl (C=O) groups is 1. The lowest BCUT2D eigenvalue weighted by Gasteiger charge is -2.32. The molecule has 2 heterocycles. The van der Waals surface area contributed by atoms with E-state index in [0.717, 1.165) is 37.9 Å². The molecule has 156 valence electrons. The van der Waals surface area contributed by atoms with Crippen molar-refractivity contribution in [2.24, 2.45) is 7.05 Å². The second-order valence-corrected chi connectivity index (χ2v) is 8.30. The van der Waals surface area contributed by atoms with Crippen LogP contribution in [0.4, 0.5) is 4.79 Å². The molecule has 1 aromatic heterocycles. The van der Waals surface area contributed by atoms with E-state index < -0.39 is 0 Å². The Balaban J connectivity index is 1.32. The number of likely N-dealkylation sites (tertiary alicyclic amines) is 1. The maximum absolute atomic E-state index is 12.6. The summed E-state index contributed by atoms with van der Waals surface area (Å²) in [4.78, 5) is 27.0. The van der Waals surface area contributed by atoms with Crippen LogP contribution in [0.3, 0.4) is 0 Å². The molecule has 2 amide bonds. The Labute approximate surface area is 171 Å². The Bertz CT molecular complexity index is 874. The summed E-state index contributed by atoms with van der Waals surface area (Å²) in [6.07, 6.45) is 7.07. The Kier molecular flexibility index (Phi) is 6.02. The third kappa shape index (κ3) is 4.38. The molecule has 1 aliphatic carbocycles. The first kappa shape index (κ1) is 19.7. The summed E-state index contributed by atoms with van der Waals surface area (Å²) in [6, 6.07) is 10.5. The number of aryl methyl sites for hydroxylation is 1. The number of hydrogen-bond donors (Lipinski definition) is 1. The van der Waals surface area contributed by atoms with E-state index in [-0.39, 0.29) is 17.6 Å². The van der Waals surface area contributed by atoms with E-state index in [1.54, 1.807) is 7.05 Å². The minimum atomic E-state index is 0.00739. The molecular formula is C22H31N5O2. The van der Waals surface area contributed by atoms with Gasteiger partial charge in [-0.15, -0.1) is 0 Å². The minimum Gasteiger partial charge on any atom is -0.338 e. The van der Waals surface area contributed by atoms with Gasteiger partial charge in [-0.05, 0) is 37.7 Å². The molecule has 0 bridgehead atoms. The fourth-order valence-corrected chi connectivity index (χ4v) is 4.69. The third-order valence-corrected chi connectivity index (χ3v) is 6.35. The molecule has 7 heteroatoms. The largest absolute Gasteiger partial charge is 0.345 e. The Morgan fingerprint density at radius 3 is 2.48 bits per heavy atom. The smallest absolute Gasteiger partial charge is 0.338 e. The lowest BCUT2D eigenvalue weighted by Crippen LogP contribution is -2.45. The summed E-state index contributed by atoms with van der Waals surface area (Å²) in [5.41, 5.74) is 1.24. The monoisotopic (exact) mass is 397 g/mol. The molecule has 0 spiro atoms. The maximum atomic E-state index is 12.6. The molecule has 2 fully saturated rings. The van der Waals surface area contributed by atoms with E-state index in [1.807, 2.05) is 27.7 Å². The first-order valence-electron chi connectivity index (χ1n) is 10.9. The van der Waals surface area contributed by atoms with Gasteiger partial charge >= 0.3 is 11.7 Å². The van der Waals surface area contributed by atoms with E-state index in [2.05, 4.69) is 22.5 Å². The minimum absolute atomic E-state index is 0.00739. The van der Waals surface area contributed by atoms with Crippen LogP contribution in [0.5, 0.6) is 0 Å². The SMILES string of the molecule is Cn1nc(C2CCN(C(=O)NCCc3ccccc3)CC2)n(C2CCCC2)c1=O. The number of rotatable bonds is 5. The van der Waals surface area contributed by atoms with Gasteiger partial charge < -0.3 is 10.2 Å². The van der Waals surface area contributed by atoms with Gasteiger partial charge in [0.15, 0.2) is 0 Å². The quantitative estimate of drug-likeness (QED) is 0.843. The number of urea groups is 1. The molecule has 1 saturated carbocycles. The lowest BCUT2D eigenvalue weighted by molar-refractivity contribution is 0.179. The third-order valence-electron chi connectivity index (χ3n) is 6.35. The Morgan fingerprint density at radius 1 is 1.10 bits per heavy atom. The number of benzene rings is 1. The van der Waals surface area contributed by atoms with Crippen molar-refractivity contribution in [2.75, 3.05) is 19.6 Å². The fourth-order valence-electron chi connectivity index (χ4n) is 4.69. The van der Waals surface area contributed by atoms with Gasteiger partial charge in [-0.2, -0.15) is 5.10 Å². The first-order valence-corrected chi connectivity index (χ1v) is 10.9. The van der Waals surface area contributed by atoms with Gasteiger partial charge in [-0.25, -0.2) is 14.3 Å². The molecule has 1 N–H and O–H groups in total. The predicted octanol–water partition coefficient (Wildman–Crippen LogP) is 2.83. The van der Waals surface area contributed by atoms with Gasteiger partial charge in [0, 0.05) is 38.6 Å². The second kappa shape index (κ2) is 8.84. The predicted molar refractivity (Wildman–Crippen MR) is 112 cm³/mol. The fraction of sp³-hybridized carbons (Fsp3) is 0.591. The van der Waals surface area contributed by atoms with Gasteiger partial charge in [-0.1, -0.05) is 43.2 Å². The van der Waals surface area contributed by atoms with Crippen LogP contribution in [0.15, 0.2) is 35.1 Å². The number of aromatic nitrogens is 3. The van der Waals surface area contributed by atoms with E-state index >= 15 is 0 Å². The van der Waals surface area contributed by atoms with Gasteiger partial charge in [0.05, 0.1) is 0 Å². The van der Waals surface area contributed by atoms with Gasteiger partial charge in [0.1, 0.15) is 5.82 Å². The molecule has 1 saturated heterocycles. The van der Waals surface area contributed by atoms with Crippen molar-refractivity contribution in [1.82, 2.24) is 24.6 Å². The van der Waals surface area contributed by atoms with Gasteiger partial charge in [0.25, 0.3) is 0 Å². The highest BCUT2D eigenvalue weighted by Gasteiger charge is 2.31. The zero-order valence-corrected chi connectivity index (χ0v) is 17.2. The molecule has 0 atom stereocenters. The van der Waals surface area contributed by atoms with Crippen molar-refractivity contribution in [1.29, 1.82) is 0 Å². The first-order chi connectivity index (χ1) is 14.1. The lowest BCUT2D eigenvalue weighted by atomic mass is 9.95. The maximum Gasteiger partial charge on any atom is 0.345 e. The van der Waals surface area contributed by atoms with Crippen LogP contribution in [-0.2, 0) is 13.5 Å². The Hall–Kier alpha value is -2.57. The van der Waals surface area contributed by atoms with Crippen LogP contribution in [0.1, 0.15) is 61.9 Å². The zero-order chi connectivity index (χ0) is 20.2. The van der Waals surface area contributed by atoms with Crippen LogP contribution in [-0.4, -0.2) is 44.9 Å². The molecule has 1 aliphatic heterocycles. The van der Waals surface area contributed by atoms with Crippen molar-refractivity contribution in [3.05, 3.63) is 52.2 Å². The number of amides is 2. The summed E-state index contributed by atoms with van der Waals surface area (Å²) in [5, 5.41) is 7.62. The standard InChI is InChI=1S/C22H31N5O2/c1-25-22(29)27(19-9-5-6-10-19)20(24-25)18-12-15-26(16-13-18)21(28)23-14-11-17-7-3-2-4-8-17/h2-4,7-8,18-19H,5-6,9-16H2,1H3,(H,23,28). The average Bonchev–Trinajstić information content (AvgIpc) is 3.37. The number of hydrogen-bond acceptors (Lipinski definition) is 3. The molecule has 0 radical (unpaired) electrons.